The van der Waals surface area contributed by atoms with Crippen LogP contribution in [0.2, 0.25) is 0 Å². The fourth-order valence-corrected chi connectivity index (χ4v) is 4.94. The van der Waals surface area contributed by atoms with Gasteiger partial charge < -0.3 is 5.32 Å². The number of nitriles is 1. The molecule has 12 heteroatoms. The first-order valence-corrected chi connectivity index (χ1v) is 11.4. The molecule has 0 bridgehead atoms. The molecule has 4 rings (SSSR count). The zero-order valence-corrected chi connectivity index (χ0v) is 17.8. The van der Waals surface area contributed by atoms with E-state index in [4.69, 9.17) is 5.26 Å². The number of benzene rings is 1. The van der Waals surface area contributed by atoms with E-state index in [-0.39, 0.29) is 51.6 Å². The fraction of sp³-hybridized carbons (Fsp3) is 0.238. The summed E-state index contributed by atoms with van der Waals surface area (Å²) in [6, 6.07) is 5.66. The molecule has 1 aromatic carbocycles. The van der Waals surface area contributed by atoms with Crippen molar-refractivity contribution in [1.29, 1.82) is 5.26 Å². The predicted octanol–water partition coefficient (Wildman–Crippen LogP) is 3.26. The highest BCUT2D eigenvalue weighted by Gasteiger charge is 2.43. The first-order chi connectivity index (χ1) is 15.4. The summed E-state index contributed by atoms with van der Waals surface area (Å²) in [5.41, 5.74) is -0.873. The number of ketones is 1. The standard InChI is InChI=1S/C21H15F3N4O4S/c1-33(31,32)16-8-11(10-25)2-3-13(16)19-18-14(4-5-15(18)29)28(20(30)27-19)12-6-7-26-17(9-12)21(22,23)24/h2-3,6-9,19H,4-5H2,1H3,(H,27,30). The van der Waals surface area contributed by atoms with Crippen LogP contribution >= 0.6 is 0 Å². The molecule has 0 saturated carbocycles. The summed E-state index contributed by atoms with van der Waals surface area (Å²) in [5, 5.41) is 11.7. The van der Waals surface area contributed by atoms with Crippen molar-refractivity contribution in [2.75, 3.05) is 11.2 Å². The Morgan fingerprint density at radius 3 is 2.55 bits per heavy atom. The van der Waals surface area contributed by atoms with Crippen molar-refractivity contribution in [2.24, 2.45) is 0 Å². The Morgan fingerprint density at radius 2 is 1.91 bits per heavy atom. The van der Waals surface area contributed by atoms with E-state index in [0.29, 0.717) is 6.07 Å². The van der Waals surface area contributed by atoms with Gasteiger partial charge in [0.05, 0.1) is 28.3 Å². The molecular formula is C21H15F3N4O4S. The summed E-state index contributed by atoms with van der Waals surface area (Å²) < 4.78 is 64.2. The number of pyridine rings is 1. The van der Waals surface area contributed by atoms with Crippen LogP contribution < -0.4 is 10.2 Å². The van der Waals surface area contributed by atoms with Crippen LogP contribution in [0.1, 0.15) is 35.7 Å². The van der Waals surface area contributed by atoms with Gasteiger partial charge in [-0.2, -0.15) is 18.4 Å². The molecule has 1 N–H and O–H groups in total. The summed E-state index contributed by atoms with van der Waals surface area (Å²) in [5.74, 6) is -0.367. The zero-order valence-electron chi connectivity index (χ0n) is 17.0. The molecule has 170 valence electrons. The number of anilines is 1. The minimum absolute atomic E-state index is 0.00826. The topological polar surface area (TPSA) is 120 Å². The molecule has 1 aromatic heterocycles. The highest BCUT2D eigenvalue weighted by molar-refractivity contribution is 7.90. The molecule has 1 unspecified atom stereocenters. The predicted molar refractivity (Wildman–Crippen MR) is 109 cm³/mol. The van der Waals surface area contributed by atoms with E-state index < -0.39 is 33.8 Å². The number of alkyl halides is 3. The fourth-order valence-electron chi connectivity index (χ4n) is 3.99. The molecule has 8 nitrogen and oxygen atoms in total. The number of amides is 2. The van der Waals surface area contributed by atoms with Gasteiger partial charge in [-0.25, -0.2) is 13.2 Å². The van der Waals surface area contributed by atoms with E-state index in [2.05, 4.69) is 10.3 Å². The van der Waals surface area contributed by atoms with Gasteiger partial charge in [-0.3, -0.25) is 14.7 Å². The third kappa shape index (κ3) is 3.95. The van der Waals surface area contributed by atoms with Crippen molar-refractivity contribution < 1.29 is 31.2 Å². The van der Waals surface area contributed by atoms with Crippen molar-refractivity contribution in [2.45, 2.75) is 30.0 Å². The summed E-state index contributed by atoms with van der Waals surface area (Å²) >= 11 is 0. The number of allylic oxidation sites excluding steroid dienone is 1. The van der Waals surface area contributed by atoms with Crippen molar-refractivity contribution in [1.82, 2.24) is 10.3 Å². The lowest BCUT2D eigenvalue weighted by Crippen LogP contribution is -2.47. The van der Waals surface area contributed by atoms with Crippen LogP contribution in [0.25, 0.3) is 0 Å². The maximum absolute atomic E-state index is 13.1. The van der Waals surface area contributed by atoms with Crippen molar-refractivity contribution in [3.05, 3.63) is 64.6 Å². The minimum atomic E-state index is -4.74. The van der Waals surface area contributed by atoms with E-state index in [1.807, 2.05) is 6.07 Å². The molecule has 1 atom stereocenters. The number of hydrogen-bond donors (Lipinski definition) is 1. The number of Topliss-reactive ketones (excluding diaryl/α,β-unsaturated/α-hetero) is 1. The van der Waals surface area contributed by atoms with E-state index >= 15 is 0 Å². The molecule has 0 fully saturated rings. The summed E-state index contributed by atoms with van der Waals surface area (Å²) in [4.78, 5) is 29.8. The van der Waals surface area contributed by atoms with E-state index in [1.165, 1.54) is 18.2 Å². The van der Waals surface area contributed by atoms with Crippen LogP contribution in [-0.2, 0) is 20.8 Å². The van der Waals surface area contributed by atoms with Crippen molar-refractivity contribution in [3.63, 3.8) is 0 Å². The van der Waals surface area contributed by atoms with Gasteiger partial charge in [0.25, 0.3) is 0 Å². The van der Waals surface area contributed by atoms with Crippen LogP contribution in [0.3, 0.4) is 0 Å². The molecule has 1 aliphatic heterocycles. The SMILES string of the molecule is CS(=O)(=O)c1cc(C#N)ccc1C1NC(=O)N(c2ccnc(C(F)(F)F)c2)C2=C1C(=O)CC2. The lowest BCUT2D eigenvalue weighted by atomic mass is 9.94. The summed E-state index contributed by atoms with van der Waals surface area (Å²) in [6.07, 6.45) is -2.79. The van der Waals surface area contributed by atoms with Crippen LogP contribution in [0, 0.1) is 11.3 Å². The second-order valence-corrected chi connectivity index (χ2v) is 9.52. The monoisotopic (exact) mass is 476 g/mol. The van der Waals surface area contributed by atoms with Gasteiger partial charge in [-0.15, -0.1) is 0 Å². The number of rotatable bonds is 3. The first kappa shape index (κ1) is 22.5. The van der Waals surface area contributed by atoms with E-state index in [1.54, 1.807) is 0 Å². The van der Waals surface area contributed by atoms with Crippen molar-refractivity contribution in [3.8, 4) is 6.07 Å². The first-order valence-electron chi connectivity index (χ1n) is 9.56. The minimum Gasteiger partial charge on any atom is -0.326 e. The van der Waals surface area contributed by atoms with Gasteiger partial charge in [0, 0.05) is 30.1 Å². The second-order valence-electron chi connectivity index (χ2n) is 7.54. The van der Waals surface area contributed by atoms with Crippen LogP contribution in [0.15, 0.2) is 52.7 Å². The smallest absolute Gasteiger partial charge is 0.326 e. The summed E-state index contributed by atoms with van der Waals surface area (Å²) in [7, 11) is -3.85. The molecule has 1 aliphatic carbocycles. The number of hydrogen-bond acceptors (Lipinski definition) is 6. The third-order valence-electron chi connectivity index (χ3n) is 5.37. The quantitative estimate of drug-likeness (QED) is 0.726. The Morgan fingerprint density at radius 1 is 1.18 bits per heavy atom. The van der Waals surface area contributed by atoms with Crippen LogP contribution in [0.4, 0.5) is 23.7 Å². The van der Waals surface area contributed by atoms with Crippen LogP contribution in [0.5, 0.6) is 0 Å². The molecular weight excluding hydrogens is 461 g/mol. The largest absolute Gasteiger partial charge is 0.433 e. The molecule has 0 radical (unpaired) electrons. The van der Waals surface area contributed by atoms with Gasteiger partial charge in [-0.05, 0) is 36.2 Å². The third-order valence-corrected chi connectivity index (χ3v) is 6.53. The van der Waals surface area contributed by atoms with Gasteiger partial charge in [0.2, 0.25) is 0 Å². The van der Waals surface area contributed by atoms with Crippen LogP contribution in [-0.4, -0.2) is 31.5 Å². The Bertz CT molecular complexity index is 1380. The Hall–Kier alpha value is -3.72. The number of halogens is 3. The molecule has 0 saturated heterocycles. The number of urea groups is 1. The lowest BCUT2D eigenvalue weighted by Gasteiger charge is -2.35. The average Bonchev–Trinajstić information content (AvgIpc) is 3.13. The maximum atomic E-state index is 13.1. The number of carbonyl (C=O) groups excluding carboxylic acids is 2. The molecule has 2 aromatic rings. The Labute approximate surface area is 186 Å². The number of nitrogens with zero attached hydrogens (tertiary/aromatic N) is 3. The molecule has 33 heavy (non-hydrogen) atoms. The number of nitrogens with one attached hydrogen (secondary N) is 1. The highest BCUT2D eigenvalue weighted by atomic mass is 32.2. The maximum Gasteiger partial charge on any atom is 0.433 e. The van der Waals surface area contributed by atoms with Gasteiger partial charge in [0.1, 0.15) is 5.69 Å². The Balaban J connectivity index is 1.89. The van der Waals surface area contributed by atoms with Gasteiger partial charge in [0.15, 0.2) is 15.6 Å². The van der Waals surface area contributed by atoms with Crippen molar-refractivity contribution >= 4 is 27.3 Å². The van der Waals surface area contributed by atoms with E-state index in [0.717, 1.165) is 23.4 Å². The van der Waals surface area contributed by atoms with Gasteiger partial charge >= 0.3 is 12.2 Å². The zero-order chi connectivity index (χ0) is 24.1. The normalized spacial score (nSPS) is 18.8. The summed E-state index contributed by atoms with van der Waals surface area (Å²) in [6.45, 7) is 0. The average molecular weight is 476 g/mol. The number of sulfone groups is 1. The Kier molecular flexibility index (Phi) is 5.24. The highest BCUT2D eigenvalue weighted by Crippen LogP contribution is 2.42. The molecule has 0 spiro atoms. The second kappa shape index (κ2) is 7.70. The number of aromatic nitrogens is 1. The lowest BCUT2D eigenvalue weighted by molar-refractivity contribution is -0.141. The molecule has 2 heterocycles. The number of carbonyl (C=O) groups is 2. The van der Waals surface area contributed by atoms with E-state index in [9.17, 15) is 31.2 Å². The molecule has 2 amide bonds. The van der Waals surface area contributed by atoms with Gasteiger partial charge in [-0.1, -0.05) is 6.07 Å². The molecule has 2 aliphatic rings.